The maximum atomic E-state index is 12.4. The van der Waals surface area contributed by atoms with Gasteiger partial charge >= 0.3 is 5.97 Å². The molecule has 0 aromatic carbocycles. The van der Waals surface area contributed by atoms with Gasteiger partial charge in [-0.2, -0.15) is 4.31 Å². The largest absolute Gasteiger partial charge is 0.480 e. The quantitative estimate of drug-likeness (QED) is 0.927. The first-order valence-corrected chi connectivity index (χ1v) is 7.93. The van der Waals surface area contributed by atoms with Crippen LogP contribution in [0.15, 0.2) is 16.3 Å². The number of hydrogen-bond acceptors (Lipinski definition) is 4. The molecule has 18 heavy (non-hydrogen) atoms. The lowest BCUT2D eigenvalue weighted by Gasteiger charge is -2.29. The highest BCUT2D eigenvalue weighted by molar-refractivity contribution is 7.91. The van der Waals surface area contributed by atoms with Gasteiger partial charge in [-0.1, -0.05) is 11.6 Å². The van der Waals surface area contributed by atoms with Gasteiger partial charge < -0.3 is 5.11 Å². The molecule has 0 bridgehead atoms. The standard InChI is InChI=1S/C10H12ClNO4S2/c1-10(9(13)14)5-2-6-12(10)18(15,16)8-4-3-7(11)17-8/h3-4H,2,5-6H2,1H3,(H,13,14). The summed E-state index contributed by atoms with van der Waals surface area (Å²) in [4.78, 5) is 11.3. The second kappa shape index (κ2) is 4.48. The Bertz CT molecular complexity index is 582. The van der Waals surface area contributed by atoms with Crippen LogP contribution in [0.1, 0.15) is 19.8 Å². The number of carboxylic acids is 1. The SMILES string of the molecule is CC1(C(=O)O)CCCN1S(=O)(=O)c1ccc(Cl)s1. The third kappa shape index (κ3) is 2.05. The van der Waals surface area contributed by atoms with Crippen molar-refractivity contribution in [1.82, 2.24) is 4.31 Å². The van der Waals surface area contributed by atoms with Crippen LogP contribution >= 0.6 is 22.9 Å². The zero-order valence-corrected chi connectivity index (χ0v) is 12.0. The fourth-order valence-corrected chi connectivity index (χ4v) is 5.48. The molecule has 0 spiro atoms. The van der Waals surface area contributed by atoms with Gasteiger partial charge in [0.05, 0.1) is 4.34 Å². The average Bonchev–Trinajstić information content (AvgIpc) is 2.85. The number of thiophene rings is 1. The van der Waals surface area contributed by atoms with Crippen LogP contribution in [0.2, 0.25) is 4.34 Å². The van der Waals surface area contributed by atoms with E-state index in [2.05, 4.69) is 0 Å². The molecule has 1 aliphatic heterocycles. The molecular formula is C10H12ClNO4S2. The molecule has 0 radical (unpaired) electrons. The highest BCUT2D eigenvalue weighted by Gasteiger charge is 2.50. The molecule has 0 amide bonds. The van der Waals surface area contributed by atoms with Gasteiger partial charge in [0.25, 0.3) is 10.0 Å². The van der Waals surface area contributed by atoms with Crippen LogP contribution in [0.3, 0.4) is 0 Å². The van der Waals surface area contributed by atoms with E-state index in [-0.39, 0.29) is 10.8 Å². The van der Waals surface area contributed by atoms with E-state index in [0.29, 0.717) is 17.2 Å². The van der Waals surface area contributed by atoms with E-state index in [0.717, 1.165) is 15.6 Å². The van der Waals surface area contributed by atoms with Crippen LogP contribution in [0, 0.1) is 0 Å². The summed E-state index contributed by atoms with van der Waals surface area (Å²) in [6.45, 7) is 1.66. The first-order chi connectivity index (χ1) is 8.28. The number of sulfonamides is 1. The summed E-state index contributed by atoms with van der Waals surface area (Å²) < 4.78 is 26.3. The number of rotatable bonds is 3. The number of nitrogens with zero attached hydrogens (tertiary/aromatic N) is 1. The molecule has 1 fully saturated rings. The summed E-state index contributed by atoms with van der Waals surface area (Å²) >= 11 is 6.66. The molecule has 0 saturated carbocycles. The molecular weight excluding hydrogens is 298 g/mol. The van der Waals surface area contributed by atoms with E-state index in [1.807, 2.05) is 0 Å². The number of hydrogen-bond donors (Lipinski definition) is 1. The zero-order valence-electron chi connectivity index (χ0n) is 9.59. The van der Waals surface area contributed by atoms with Gasteiger partial charge in [0.2, 0.25) is 0 Å². The Labute approximate surface area is 114 Å². The molecule has 2 rings (SSSR count). The van der Waals surface area contributed by atoms with Crippen molar-refractivity contribution in [3.8, 4) is 0 Å². The van der Waals surface area contributed by atoms with E-state index in [4.69, 9.17) is 11.6 Å². The normalized spacial score (nSPS) is 25.4. The monoisotopic (exact) mass is 309 g/mol. The van der Waals surface area contributed by atoms with E-state index in [1.165, 1.54) is 19.1 Å². The smallest absolute Gasteiger partial charge is 0.324 e. The summed E-state index contributed by atoms with van der Waals surface area (Å²) in [5, 5.41) is 9.23. The maximum Gasteiger partial charge on any atom is 0.324 e. The predicted molar refractivity (Wildman–Crippen MR) is 68.5 cm³/mol. The van der Waals surface area contributed by atoms with Crippen LogP contribution in [0.5, 0.6) is 0 Å². The molecule has 1 aliphatic rings. The second-order valence-electron chi connectivity index (χ2n) is 4.32. The van der Waals surface area contributed by atoms with Gasteiger partial charge in [-0.25, -0.2) is 8.42 Å². The molecule has 1 aromatic rings. The van der Waals surface area contributed by atoms with E-state index >= 15 is 0 Å². The highest BCUT2D eigenvalue weighted by Crippen LogP contribution is 2.37. The second-order valence-corrected chi connectivity index (χ2v) is 8.12. The Morgan fingerprint density at radius 2 is 2.22 bits per heavy atom. The number of halogens is 1. The van der Waals surface area contributed by atoms with Gasteiger partial charge in [-0.3, -0.25) is 4.79 Å². The summed E-state index contributed by atoms with van der Waals surface area (Å²) in [6, 6.07) is 2.90. The molecule has 1 aromatic heterocycles. The third-order valence-electron chi connectivity index (χ3n) is 3.13. The lowest BCUT2D eigenvalue weighted by atomic mass is 10.0. The van der Waals surface area contributed by atoms with Crippen molar-refractivity contribution in [2.24, 2.45) is 0 Å². The maximum absolute atomic E-state index is 12.4. The van der Waals surface area contributed by atoms with Gasteiger partial charge in [0.15, 0.2) is 0 Å². The molecule has 8 heteroatoms. The first-order valence-electron chi connectivity index (χ1n) is 5.30. The number of carboxylic acid groups (broad SMARTS) is 1. The van der Waals surface area contributed by atoms with Crippen LogP contribution in [0.4, 0.5) is 0 Å². The summed E-state index contributed by atoms with van der Waals surface area (Å²) in [7, 11) is -3.78. The topological polar surface area (TPSA) is 74.7 Å². The Morgan fingerprint density at radius 1 is 1.56 bits per heavy atom. The lowest BCUT2D eigenvalue weighted by molar-refractivity contribution is -0.146. The van der Waals surface area contributed by atoms with Gasteiger partial charge in [0.1, 0.15) is 9.75 Å². The lowest BCUT2D eigenvalue weighted by Crippen LogP contribution is -2.50. The van der Waals surface area contributed by atoms with Crippen molar-refractivity contribution in [3.63, 3.8) is 0 Å². The van der Waals surface area contributed by atoms with Gasteiger partial charge in [0, 0.05) is 6.54 Å². The van der Waals surface area contributed by atoms with Crippen molar-refractivity contribution < 1.29 is 18.3 Å². The summed E-state index contributed by atoms with van der Waals surface area (Å²) in [6.07, 6.45) is 0.863. The molecule has 2 heterocycles. The van der Waals surface area contributed by atoms with Crippen LogP contribution < -0.4 is 0 Å². The minimum Gasteiger partial charge on any atom is -0.480 e. The fraction of sp³-hybridized carbons (Fsp3) is 0.500. The predicted octanol–water partition coefficient (Wildman–Crippen LogP) is 2.03. The Morgan fingerprint density at radius 3 is 2.72 bits per heavy atom. The Hall–Kier alpha value is -0.630. The van der Waals surface area contributed by atoms with Gasteiger partial charge in [-0.05, 0) is 31.9 Å². The average molecular weight is 310 g/mol. The van der Waals surface area contributed by atoms with Gasteiger partial charge in [-0.15, -0.1) is 11.3 Å². The van der Waals surface area contributed by atoms with Crippen molar-refractivity contribution in [1.29, 1.82) is 0 Å². The molecule has 1 atom stereocenters. The van der Waals surface area contributed by atoms with E-state index in [9.17, 15) is 18.3 Å². The highest BCUT2D eigenvalue weighted by atomic mass is 35.5. The molecule has 0 aliphatic carbocycles. The molecule has 5 nitrogen and oxygen atoms in total. The number of aliphatic carboxylic acids is 1. The zero-order chi connectivity index (χ0) is 13.6. The number of carbonyl (C=O) groups is 1. The summed E-state index contributed by atoms with van der Waals surface area (Å²) in [5.41, 5.74) is -1.37. The van der Waals surface area contributed by atoms with Crippen LogP contribution in [0.25, 0.3) is 0 Å². The van der Waals surface area contributed by atoms with Crippen molar-refractivity contribution >= 4 is 38.9 Å². The third-order valence-corrected chi connectivity index (χ3v) is 6.85. The minimum atomic E-state index is -3.78. The first kappa shape index (κ1) is 13.8. The van der Waals surface area contributed by atoms with Crippen LogP contribution in [-0.2, 0) is 14.8 Å². The van der Waals surface area contributed by atoms with Crippen molar-refractivity contribution in [2.45, 2.75) is 29.5 Å². The van der Waals surface area contributed by atoms with Crippen molar-refractivity contribution in [2.75, 3.05) is 6.54 Å². The Kier molecular flexibility index (Phi) is 3.44. The minimum absolute atomic E-state index is 0.0851. The molecule has 1 saturated heterocycles. The Balaban J connectivity index is 2.45. The molecule has 1 unspecified atom stereocenters. The fourth-order valence-electron chi connectivity index (χ4n) is 2.08. The summed E-state index contributed by atoms with van der Waals surface area (Å²) in [5.74, 6) is -1.12. The molecule has 100 valence electrons. The van der Waals surface area contributed by atoms with Crippen molar-refractivity contribution in [3.05, 3.63) is 16.5 Å². The van der Waals surface area contributed by atoms with E-state index < -0.39 is 21.5 Å². The van der Waals surface area contributed by atoms with Crippen LogP contribution in [-0.4, -0.2) is 35.9 Å². The van der Waals surface area contributed by atoms with E-state index in [1.54, 1.807) is 0 Å². The molecule has 1 N–H and O–H groups in total.